The van der Waals surface area contributed by atoms with Gasteiger partial charge in [0.05, 0.1) is 18.4 Å². The Morgan fingerprint density at radius 1 is 1.33 bits per heavy atom. The number of rotatable bonds is 4. The number of nitrogens with one attached hydrogen (secondary N) is 1. The lowest BCUT2D eigenvalue weighted by Crippen LogP contribution is -2.41. The number of fused-ring (bicyclic) bond motifs is 1. The number of aromatic nitrogens is 3. The summed E-state index contributed by atoms with van der Waals surface area (Å²) in [5.41, 5.74) is 2.41. The van der Waals surface area contributed by atoms with Gasteiger partial charge < -0.3 is 14.8 Å². The van der Waals surface area contributed by atoms with Crippen molar-refractivity contribution in [3.8, 4) is 0 Å². The SMILES string of the molecule is Cc1nn(C)c2nc(C(=O)NCCC3CCC4(CCOCC4)CO3)ccc12. The van der Waals surface area contributed by atoms with Crippen LogP contribution in [0.3, 0.4) is 0 Å². The zero-order chi connectivity index (χ0) is 18.9. The van der Waals surface area contributed by atoms with Crippen LogP contribution in [0.4, 0.5) is 0 Å². The Balaban J connectivity index is 1.27. The lowest BCUT2D eigenvalue weighted by atomic mass is 9.75. The van der Waals surface area contributed by atoms with E-state index >= 15 is 0 Å². The molecule has 146 valence electrons. The standard InChI is InChI=1S/C20H28N4O3/c1-14-16-3-4-17(22-18(16)24(2)23-14)19(25)21-10-6-15-5-7-20(13-27-15)8-11-26-12-9-20/h3-4,15H,5-13H2,1-2H3,(H,21,25). The van der Waals surface area contributed by atoms with Crippen LogP contribution in [-0.4, -0.2) is 53.1 Å². The van der Waals surface area contributed by atoms with Gasteiger partial charge in [0.25, 0.3) is 5.91 Å². The van der Waals surface area contributed by atoms with Crippen LogP contribution < -0.4 is 5.32 Å². The molecule has 0 aromatic carbocycles. The number of carbonyl (C=O) groups excluding carboxylic acids is 1. The molecule has 0 saturated carbocycles. The van der Waals surface area contributed by atoms with Gasteiger partial charge in [0, 0.05) is 32.2 Å². The second kappa shape index (κ2) is 7.56. The lowest BCUT2D eigenvalue weighted by Gasteiger charge is -2.42. The first-order valence-electron chi connectivity index (χ1n) is 9.84. The third kappa shape index (κ3) is 3.84. The van der Waals surface area contributed by atoms with E-state index in [0.717, 1.165) is 62.2 Å². The quantitative estimate of drug-likeness (QED) is 0.891. The van der Waals surface area contributed by atoms with Crippen molar-refractivity contribution in [2.45, 2.75) is 45.1 Å². The molecule has 2 aliphatic heterocycles. The van der Waals surface area contributed by atoms with E-state index in [1.54, 1.807) is 10.7 Å². The normalized spacial score (nSPS) is 22.2. The van der Waals surface area contributed by atoms with Gasteiger partial charge in [-0.2, -0.15) is 5.10 Å². The minimum Gasteiger partial charge on any atom is -0.381 e. The van der Waals surface area contributed by atoms with Gasteiger partial charge in [0.15, 0.2) is 5.65 Å². The molecular weight excluding hydrogens is 344 g/mol. The number of pyridine rings is 1. The van der Waals surface area contributed by atoms with Crippen LogP contribution in [0.15, 0.2) is 12.1 Å². The molecule has 2 aromatic rings. The van der Waals surface area contributed by atoms with Gasteiger partial charge in [-0.15, -0.1) is 0 Å². The van der Waals surface area contributed by atoms with E-state index in [4.69, 9.17) is 9.47 Å². The summed E-state index contributed by atoms with van der Waals surface area (Å²) in [6, 6.07) is 3.68. The number of ether oxygens (including phenoxy) is 2. The predicted molar refractivity (Wildman–Crippen MR) is 102 cm³/mol. The van der Waals surface area contributed by atoms with E-state index in [0.29, 0.717) is 17.7 Å². The largest absolute Gasteiger partial charge is 0.381 e. The summed E-state index contributed by atoms with van der Waals surface area (Å²) in [6.07, 6.45) is 5.55. The Kier molecular flexibility index (Phi) is 5.14. The molecule has 4 rings (SSSR count). The minimum atomic E-state index is -0.146. The fraction of sp³-hybridized carbons (Fsp3) is 0.650. The first kappa shape index (κ1) is 18.4. The van der Waals surface area contributed by atoms with Crippen LogP contribution in [0.2, 0.25) is 0 Å². The zero-order valence-electron chi connectivity index (χ0n) is 16.2. The Bertz CT molecular complexity index is 816. The average Bonchev–Trinajstić information content (AvgIpc) is 2.97. The molecule has 4 heterocycles. The molecule has 7 heteroatoms. The molecule has 1 unspecified atom stereocenters. The van der Waals surface area contributed by atoms with Gasteiger partial charge in [-0.05, 0) is 56.6 Å². The highest BCUT2D eigenvalue weighted by atomic mass is 16.5. The van der Waals surface area contributed by atoms with Gasteiger partial charge in [-0.25, -0.2) is 4.98 Å². The van der Waals surface area contributed by atoms with E-state index in [-0.39, 0.29) is 12.0 Å². The molecule has 0 bridgehead atoms. The molecule has 0 aliphatic carbocycles. The zero-order valence-corrected chi connectivity index (χ0v) is 16.2. The average molecular weight is 372 g/mol. The van der Waals surface area contributed by atoms with Crippen LogP contribution in [-0.2, 0) is 16.5 Å². The van der Waals surface area contributed by atoms with Crippen LogP contribution >= 0.6 is 0 Å². The third-order valence-electron chi connectivity index (χ3n) is 6.03. The van der Waals surface area contributed by atoms with Gasteiger partial charge in [0.2, 0.25) is 0 Å². The molecular formula is C20H28N4O3. The fourth-order valence-electron chi connectivity index (χ4n) is 4.21. The van der Waals surface area contributed by atoms with Crippen molar-refractivity contribution >= 4 is 16.9 Å². The number of hydrogen-bond donors (Lipinski definition) is 1. The Labute approximate surface area is 159 Å². The molecule has 1 N–H and O–H groups in total. The van der Waals surface area contributed by atoms with Gasteiger partial charge in [0.1, 0.15) is 5.69 Å². The first-order valence-corrected chi connectivity index (χ1v) is 9.84. The number of amides is 1. The molecule has 1 spiro atoms. The summed E-state index contributed by atoms with van der Waals surface area (Å²) in [5.74, 6) is -0.146. The maximum Gasteiger partial charge on any atom is 0.269 e. The van der Waals surface area contributed by atoms with Gasteiger partial charge >= 0.3 is 0 Å². The monoisotopic (exact) mass is 372 g/mol. The maximum absolute atomic E-state index is 12.4. The molecule has 1 amide bonds. The molecule has 2 saturated heterocycles. The molecule has 0 radical (unpaired) electrons. The van der Waals surface area contributed by atoms with Crippen LogP contribution in [0, 0.1) is 12.3 Å². The molecule has 27 heavy (non-hydrogen) atoms. The molecule has 2 fully saturated rings. The van der Waals surface area contributed by atoms with E-state index in [1.807, 2.05) is 20.0 Å². The summed E-state index contributed by atoms with van der Waals surface area (Å²) in [5, 5.41) is 8.30. The van der Waals surface area contributed by atoms with E-state index in [1.165, 1.54) is 6.42 Å². The highest BCUT2D eigenvalue weighted by Crippen LogP contribution is 2.40. The van der Waals surface area contributed by atoms with Crippen molar-refractivity contribution in [2.75, 3.05) is 26.4 Å². The second-order valence-corrected chi connectivity index (χ2v) is 7.91. The van der Waals surface area contributed by atoms with Crippen LogP contribution in [0.25, 0.3) is 11.0 Å². The molecule has 1 atom stereocenters. The number of aryl methyl sites for hydroxylation is 2. The van der Waals surface area contributed by atoms with Crippen molar-refractivity contribution in [3.63, 3.8) is 0 Å². The Morgan fingerprint density at radius 3 is 2.89 bits per heavy atom. The topological polar surface area (TPSA) is 78.3 Å². The molecule has 2 aromatic heterocycles. The fourth-order valence-corrected chi connectivity index (χ4v) is 4.21. The Hall–Kier alpha value is -1.99. The maximum atomic E-state index is 12.4. The van der Waals surface area contributed by atoms with Crippen molar-refractivity contribution in [2.24, 2.45) is 12.5 Å². The van der Waals surface area contributed by atoms with Crippen molar-refractivity contribution in [1.29, 1.82) is 0 Å². The van der Waals surface area contributed by atoms with Crippen molar-refractivity contribution < 1.29 is 14.3 Å². The van der Waals surface area contributed by atoms with Crippen LogP contribution in [0.1, 0.15) is 48.3 Å². The summed E-state index contributed by atoms with van der Waals surface area (Å²) >= 11 is 0. The smallest absolute Gasteiger partial charge is 0.269 e. The number of hydrogen-bond acceptors (Lipinski definition) is 5. The van der Waals surface area contributed by atoms with Gasteiger partial charge in [-0.3, -0.25) is 9.48 Å². The summed E-state index contributed by atoms with van der Waals surface area (Å²) in [6.45, 7) is 5.09. The summed E-state index contributed by atoms with van der Waals surface area (Å²) < 4.78 is 13.3. The highest BCUT2D eigenvalue weighted by Gasteiger charge is 2.37. The van der Waals surface area contributed by atoms with Crippen molar-refractivity contribution in [1.82, 2.24) is 20.1 Å². The van der Waals surface area contributed by atoms with Crippen LogP contribution in [0.5, 0.6) is 0 Å². The van der Waals surface area contributed by atoms with E-state index in [2.05, 4.69) is 15.4 Å². The van der Waals surface area contributed by atoms with E-state index < -0.39 is 0 Å². The first-order chi connectivity index (χ1) is 13.1. The van der Waals surface area contributed by atoms with Crippen molar-refractivity contribution in [3.05, 3.63) is 23.5 Å². The van der Waals surface area contributed by atoms with Gasteiger partial charge in [-0.1, -0.05) is 0 Å². The highest BCUT2D eigenvalue weighted by molar-refractivity contribution is 5.94. The molecule has 7 nitrogen and oxygen atoms in total. The Morgan fingerprint density at radius 2 is 2.15 bits per heavy atom. The number of carbonyl (C=O) groups is 1. The third-order valence-corrected chi connectivity index (χ3v) is 6.03. The lowest BCUT2D eigenvalue weighted by molar-refractivity contribution is -0.106. The number of nitrogens with zero attached hydrogens (tertiary/aromatic N) is 3. The summed E-state index contributed by atoms with van der Waals surface area (Å²) in [7, 11) is 1.84. The minimum absolute atomic E-state index is 0.146. The second-order valence-electron chi connectivity index (χ2n) is 7.91. The predicted octanol–water partition coefficient (Wildman–Crippen LogP) is 2.37. The summed E-state index contributed by atoms with van der Waals surface area (Å²) in [4.78, 5) is 16.9. The van der Waals surface area contributed by atoms with E-state index in [9.17, 15) is 4.79 Å². The molecule has 2 aliphatic rings.